The van der Waals surface area contributed by atoms with Gasteiger partial charge in [0.1, 0.15) is 0 Å². The second-order valence-electron chi connectivity index (χ2n) is 4.86. The third-order valence-electron chi connectivity index (χ3n) is 3.14. The fraction of sp³-hybridized carbons (Fsp3) is 0.600. The first-order chi connectivity index (χ1) is 10.0. The van der Waals surface area contributed by atoms with Crippen LogP contribution in [0.3, 0.4) is 0 Å². The molecule has 0 aliphatic rings. The number of aryl methyl sites for hydroxylation is 1. The van der Waals surface area contributed by atoms with E-state index in [0.717, 1.165) is 17.5 Å². The van der Waals surface area contributed by atoms with Gasteiger partial charge in [-0.05, 0) is 36.5 Å². The van der Waals surface area contributed by atoms with Crippen molar-refractivity contribution in [1.29, 1.82) is 0 Å². The molecule has 0 heterocycles. The smallest absolute Gasteiger partial charge is 0.240 e. The van der Waals surface area contributed by atoms with Crippen LogP contribution in [0.2, 0.25) is 0 Å². The monoisotopic (exact) mass is 314 g/mol. The van der Waals surface area contributed by atoms with Crippen LogP contribution >= 0.6 is 0 Å². The molecule has 3 N–H and O–H groups in total. The van der Waals surface area contributed by atoms with E-state index >= 15 is 0 Å². The van der Waals surface area contributed by atoms with Crippen molar-refractivity contribution in [3.63, 3.8) is 0 Å². The highest BCUT2D eigenvalue weighted by atomic mass is 32.2. The van der Waals surface area contributed by atoms with Crippen molar-refractivity contribution in [1.82, 2.24) is 4.72 Å². The molecule has 0 fully saturated rings. The first-order valence-corrected chi connectivity index (χ1v) is 8.92. The highest BCUT2D eigenvalue weighted by Gasteiger charge is 2.17. The average molecular weight is 314 g/mol. The summed E-state index contributed by atoms with van der Waals surface area (Å²) in [6.07, 6.45) is 2.30. The summed E-state index contributed by atoms with van der Waals surface area (Å²) >= 11 is 0. The minimum absolute atomic E-state index is 0.331. The molecule has 5 nitrogen and oxygen atoms in total. The van der Waals surface area contributed by atoms with E-state index < -0.39 is 10.0 Å². The van der Waals surface area contributed by atoms with E-state index in [1.165, 1.54) is 0 Å². The van der Waals surface area contributed by atoms with E-state index in [0.29, 0.717) is 44.0 Å². The van der Waals surface area contributed by atoms with E-state index in [1.807, 2.05) is 26.0 Å². The zero-order valence-electron chi connectivity index (χ0n) is 12.9. The lowest BCUT2D eigenvalue weighted by molar-refractivity contribution is 0.133. The molecule has 21 heavy (non-hydrogen) atoms. The van der Waals surface area contributed by atoms with Gasteiger partial charge >= 0.3 is 0 Å². The Bertz CT molecular complexity index is 530. The van der Waals surface area contributed by atoms with Crippen molar-refractivity contribution in [2.75, 3.05) is 19.8 Å². The molecule has 0 amide bonds. The molecule has 1 aromatic rings. The second kappa shape index (κ2) is 9.15. The van der Waals surface area contributed by atoms with Gasteiger partial charge in [-0.25, -0.2) is 13.1 Å². The van der Waals surface area contributed by atoms with E-state index in [1.54, 1.807) is 6.07 Å². The molecule has 0 saturated carbocycles. The van der Waals surface area contributed by atoms with Gasteiger partial charge in [0.15, 0.2) is 0 Å². The Morgan fingerprint density at radius 3 is 2.62 bits per heavy atom. The van der Waals surface area contributed by atoms with Crippen molar-refractivity contribution in [3.05, 3.63) is 29.3 Å². The molecule has 0 aliphatic heterocycles. The number of sulfonamides is 1. The van der Waals surface area contributed by atoms with Crippen molar-refractivity contribution < 1.29 is 13.2 Å². The van der Waals surface area contributed by atoms with Gasteiger partial charge in [0.05, 0.1) is 4.90 Å². The molecule has 1 rings (SSSR count). The van der Waals surface area contributed by atoms with Crippen molar-refractivity contribution in [2.24, 2.45) is 5.73 Å². The van der Waals surface area contributed by atoms with Crippen LogP contribution in [0.1, 0.15) is 37.8 Å². The maximum absolute atomic E-state index is 12.4. The van der Waals surface area contributed by atoms with Gasteiger partial charge < -0.3 is 10.5 Å². The molecule has 0 radical (unpaired) electrons. The van der Waals surface area contributed by atoms with Crippen molar-refractivity contribution in [3.8, 4) is 0 Å². The number of ether oxygens (including phenoxy) is 1. The number of nitrogens with two attached hydrogens (primary N) is 1. The predicted molar refractivity (Wildman–Crippen MR) is 84.6 cm³/mol. The summed E-state index contributed by atoms with van der Waals surface area (Å²) in [6, 6.07) is 5.37. The molecular weight excluding hydrogens is 288 g/mol. The summed E-state index contributed by atoms with van der Waals surface area (Å²) in [6.45, 7) is 5.97. The number of hydrogen-bond donors (Lipinski definition) is 2. The molecule has 6 heteroatoms. The Balaban J connectivity index is 2.69. The third-order valence-corrected chi connectivity index (χ3v) is 4.69. The molecule has 0 bridgehead atoms. The zero-order valence-corrected chi connectivity index (χ0v) is 13.7. The Hall–Kier alpha value is -0.950. The number of rotatable bonds is 10. The minimum atomic E-state index is -3.49. The van der Waals surface area contributed by atoms with Crippen molar-refractivity contribution >= 4 is 10.0 Å². The lowest BCUT2D eigenvalue weighted by Gasteiger charge is -2.12. The third kappa shape index (κ3) is 5.74. The van der Waals surface area contributed by atoms with Gasteiger partial charge in [0.2, 0.25) is 10.0 Å². The maximum atomic E-state index is 12.4. The molecule has 0 aliphatic carbocycles. The normalized spacial score (nSPS) is 11.8. The van der Waals surface area contributed by atoms with Crippen LogP contribution in [0.15, 0.2) is 23.1 Å². The lowest BCUT2D eigenvalue weighted by Crippen LogP contribution is -2.26. The van der Waals surface area contributed by atoms with Gasteiger partial charge in [-0.1, -0.05) is 26.0 Å². The lowest BCUT2D eigenvalue weighted by atomic mass is 10.1. The Morgan fingerprint density at radius 2 is 2.00 bits per heavy atom. The summed E-state index contributed by atoms with van der Waals surface area (Å²) in [4.78, 5) is 0.336. The maximum Gasteiger partial charge on any atom is 0.240 e. The summed E-state index contributed by atoms with van der Waals surface area (Å²) < 4.78 is 32.7. The van der Waals surface area contributed by atoms with Crippen LogP contribution < -0.4 is 10.5 Å². The fourth-order valence-corrected chi connectivity index (χ4v) is 3.41. The van der Waals surface area contributed by atoms with Crippen LogP contribution in [-0.4, -0.2) is 28.2 Å². The standard InChI is InChI=1S/C15H26N2O3S/c1-3-9-20-10-5-8-17-21(18,19)15-11-13(12-16)6-7-14(15)4-2/h6-7,11,17H,3-5,8-10,12,16H2,1-2H3. The van der Waals surface area contributed by atoms with Crippen LogP contribution in [0.4, 0.5) is 0 Å². The number of benzene rings is 1. The zero-order chi connectivity index (χ0) is 15.7. The van der Waals surface area contributed by atoms with Crippen LogP contribution in [0.25, 0.3) is 0 Å². The molecular formula is C15H26N2O3S. The summed E-state index contributed by atoms with van der Waals surface area (Å²) in [5.41, 5.74) is 7.22. The van der Waals surface area contributed by atoms with E-state index in [-0.39, 0.29) is 0 Å². The van der Waals surface area contributed by atoms with Crippen LogP contribution in [0, 0.1) is 0 Å². The number of nitrogens with one attached hydrogen (secondary N) is 1. The summed E-state index contributed by atoms with van der Waals surface area (Å²) in [7, 11) is -3.49. The number of hydrogen-bond acceptors (Lipinski definition) is 4. The van der Waals surface area contributed by atoms with E-state index in [4.69, 9.17) is 10.5 Å². The first kappa shape index (κ1) is 18.1. The predicted octanol–water partition coefficient (Wildman–Crippen LogP) is 1.80. The van der Waals surface area contributed by atoms with Gasteiger partial charge in [-0.2, -0.15) is 0 Å². The second-order valence-corrected chi connectivity index (χ2v) is 6.60. The topological polar surface area (TPSA) is 81.4 Å². The minimum Gasteiger partial charge on any atom is -0.381 e. The SMILES string of the molecule is CCCOCCCNS(=O)(=O)c1cc(CN)ccc1CC. The molecule has 0 aromatic heterocycles. The van der Waals surface area contributed by atoms with Gasteiger partial charge in [-0.3, -0.25) is 0 Å². The molecule has 120 valence electrons. The fourth-order valence-electron chi connectivity index (χ4n) is 1.97. The quantitative estimate of drug-likeness (QED) is 0.645. The Labute approximate surface area is 127 Å². The molecule has 0 spiro atoms. The summed E-state index contributed by atoms with van der Waals surface area (Å²) in [5, 5.41) is 0. The van der Waals surface area contributed by atoms with Crippen molar-refractivity contribution in [2.45, 2.75) is 44.6 Å². The van der Waals surface area contributed by atoms with Crippen LogP contribution in [-0.2, 0) is 27.7 Å². The molecule has 0 atom stereocenters. The average Bonchev–Trinajstić information content (AvgIpc) is 2.50. The highest BCUT2D eigenvalue weighted by Crippen LogP contribution is 2.18. The highest BCUT2D eigenvalue weighted by molar-refractivity contribution is 7.89. The van der Waals surface area contributed by atoms with Gasteiger partial charge in [-0.15, -0.1) is 0 Å². The van der Waals surface area contributed by atoms with Crippen LogP contribution in [0.5, 0.6) is 0 Å². The van der Waals surface area contributed by atoms with Gasteiger partial charge in [0, 0.05) is 26.3 Å². The Kier molecular flexibility index (Phi) is 7.88. The Morgan fingerprint density at radius 1 is 1.24 bits per heavy atom. The summed E-state index contributed by atoms with van der Waals surface area (Å²) in [5.74, 6) is 0. The molecule has 1 aromatic carbocycles. The first-order valence-electron chi connectivity index (χ1n) is 7.44. The van der Waals surface area contributed by atoms with Gasteiger partial charge in [0.25, 0.3) is 0 Å². The largest absolute Gasteiger partial charge is 0.381 e. The molecule has 0 unspecified atom stereocenters. The van der Waals surface area contributed by atoms with E-state index in [2.05, 4.69) is 4.72 Å². The molecule has 0 saturated heterocycles. The van der Waals surface area contributed by atoms with E-state index in [9.17, 15) is 8.42 Å².